The van der Waals surface area contributed by atoms with Crippen molar-refractivity contribution < 1.29 is 35.8 Å². The van der Waals surface area contributed by atoms with E-state index in [9.17, 15) is 4.79 Å². The van der Waals surface area contributed by atoms with Gasteiger partial charge in [-0.15, -0.1) is 0 Å². The second-order valence-electron chi connectivity index (χ2n) is 7.12. The molecule has 3 heterocycles. The first-order chi connectivity index (χ1) is 11.7. The Bertz CT molecular complexity index is 975. The number of carbonyl (C=O) groups is 1. The summed E-state index contributed by atoms with van der Waals surface area (Å²) in [6.45, 7) is 3.80. The zero-order chi connectivity index (χ0) is 16.3. The van der Waals surface area contributed by atoms with Crippen molar-refractivity contribution in [1.82, 2.24) is 14.1 Å². The number of nitrogens with zero attached hydrogens (tertiary/aromatic N) is 3. The molecule has 0 amide bonds. The molecule has 5 rings (SSSR count). The molecule has 1 aliphatic heterocycles. The molecule has 4 nitrogen and oxygen atoms in total. The van der Waals surface area contributed by atoms with E-state index in [1.807, 2.05) is 19.3 Å². The minimum atomic E-state index is 0. The van der Waals surface area contributed by atoms with Gasteiger partial charge in [0.25, 0.3) is 0 Å². The first kappa shape index (κ1) is 17.1. The molecule has 0 saturated heterocycles. The maximum Gasteiger partial charge on any atom is 1.00 e. The zero-order valence-electron chi connectivity index (χ0n) is 16.0. The third-order valence-electron chi connectivity index (χ3n) is 5.79. The fourth-order valence-electron chi connectivity index (χ4n) is 4.60. The number of fused-ring (bicyclic) bond motifs is 3. The van der Waals surface area contributed by atoms with E-state index in [-0.39, 0.29) is 36.9 Å². The summed E-state index contributed by atoms with van der Waals surface area (Å²) < 4.78 is 4.54. The molecule has 1 aromatic carbocycles. The smallest absolute Gasteiger partial charge is 1.00 e. The Morgan fingerprint density at radius 3 is 3.00 bits per heavy atom. The van der Waals surface area contributed by atoms with Crippen LogP contribution in [0, 0.1) is 12.8 Å². The van der Waals surface area contributed by atoms with Crippen molar-refractivity contribution >= 4 is 16.7 Å². The van der Waals surface area contributed by atoms with Crippen LogP contribution in [0.3, 0.4) is 0 Å². The van der Waals surface area contributed by atoms with Crippen molar-refractivity contribution in [2.75, 3.05) is 0 Å². The molecule has 2 aromatic heterocycles. The first-order valence-electron chi connectivity index (χ1n) is 8.89. The predicted molar refractivity (Wildman–Crippen MR) is 94.5 cm³/mol. The van der Waals surface area contributed by atoms with E-state index in [1.165, 1.54) is 28.6 Å². The molecule has 0 unspecified atom stereocenters. The van der Waals surface area contributed by atoms with Crippen LogP contribution in [0.5, 0.6) is 0 Å². The molecule has 0 bridgehead atoms. The molecule has 1 atom stereocenters. The van der Waals surface area contributed by atoms with Crippen LogP contribution >= 0.6 is 0 Å². The van der Waals surface area contributed by atoms with E-state index in [1.54, 1.807) is 0 Å². The van der Waals surface area contributed by atoms with Crippen molar-refractivity contribution in [2.45, 2.75) is 45.7 Å². The molecular weight excluding hydrogens is 321 g/mol. The predicted octanol–water partition coefficient (Wildman–Crippen LogP) is 0.654. The number of rotatable bonds is 2. The molecule has 5 heteroatoms. The summed E-state index contributed by atoms with van der Waals surface area (Å²) in [5.74, 6) is 1.37. The summed E-state index contributed by atoms with van der Waals surface area (Å²) in [6, 6.07) is 6.48. The van der Waals surface area contributed by atoms with Crippen molar-refractivity contribution in [1.29, 1.82) is 0 Å². The van der Waals surface area contributed by atoms with E-state index < -0.39 is 0 Å². The van der Waals surface area contributed by atoms with Crippen LogP contribution in [0.25, 0.3) is 10.9 Å². The summed E-state index contributed by atoms with van der Waals surface area (Å²) >= 11 is 0. The van der Waals surface area contributed by atoms with Crippen LogP contribution in [0.15, 0.2) is 30.6 Å². The number of aromatic nitrogens is 3. The van der Waals surface area contributed by atoms with E-state index in [0.29, 0.717) is 5.78 Å². The second-order valence-corrected chi connectivity index (χ2v) is 7.12. The van der Waals surface area contributed by atoms with Gasteiger partial charge in [0.1, 0.15) is 5.82 Å². The average Bonchev–Trinajstić information content (AvgIpc) is 3.15. The number of carbonyl (C=O) groups excluding carboxylic acids is 1. The van der Waals surface area contributed by atoms with Gasteiger partial charge >= 0.3 is 29.6 Å². The zero-order valence-corrected chi connectivity index (χ0v) is 17.0. The van der Waals surface area contributed by atoms with Gasteiger partial charge in [-0.1, -0.05) is 18.2 Å². The number of hydrogen-bond donors (Lipinski definition) is 0. The van der Waals surface area contributed by atoms with Crippen LogP contribution in [-0.2, 0) is 25.9 Å². The molecule has 3 aromatic rings. The molecule has 124 valence electrons. The van der Waals surface area contributed by atoms with Crippen LogP contribution in [0.4, 0.5) is 0 Å². The molecule has 0 saturated carbocycles. The van der Waals surface area contributed by atoms with Gasteiger partial charge in [-0.05, 0) is 38.2 Å². The molecule has 2 aliphatic rings. The third kappa shape index (κ3) is 2.54. The number of Topliss-reactive ketones (excluding diaryl/α,β-unsaturated/α-hetero) is 1. The van der Waals surface area contributed by atoms with Crippen LogP contribution in [0.1, 0.15) is 41.7 Å². The summed E-state index contributed by atoms with van der Waals surface area (Å²) in [7, 11) is 0. The van der Waals surface area contributed by atoms with Gasteiger partial charge in [0.05, 0.1) is 5.52 Å². The van der Waals surface area contributed by atoms with E-state index >= 15 is 0 Å². The third-order valence-corrected chi connectivity index (χ3v) is 5.79. The van der Waals surface area contributed by atoms with E-state index in [0.717, 1.165) is 43.7 Å². The Morgan fingerprint density at radius 2 is 2.20 bits per heavy atom. The van der Waals surface area contributed by atoms with Gasteiger partial charge in [0, 0.05) is 48.0 Å². The molecule has 0 N–H and O–H groups in total. The van der Waals surface area contributed by atoms with Gasteiger partial charge in [0.15, 0.2) is 5.78 Å². The normalized spacial score (nSPS) is 18.9. The quantitative estimate of drug-likeness (QED) is 0.641. The van der Waals surface area contributed by atoms with Gasteiger partial charge < -0.3 is 10.6 Å². The average molecular weight is 343 g/mol. The monoisotopic (exact) mass is 343 g/mol. The minimum Gasteiger partial charge on any atom is -1.00 e. The van der Waals surface area contributed by atoms with E-state index in [2.05, 4.69) is 32.3 Å². The van der Waals surface area contributed by atoms with Crippen LogP contribution < -0.4 is 29.6 Å². The van der Waals surface area contributed by atoms with Crippen LogP contribution in [-0.4, -0.2) is 19.9 Å². The number of imidazole rings is 1. The summed E-state index contributed by atoms with van der Waals surface area (Å²) in [6.07, 6.45) is 8.05. The minimum absolute atomic E-state index is 0. The maximum atomic E-state index is 13.3. The topological polar surface area (TPSA) is 39.8 Å². The van der Waals surface area contributed by atoms with Gasteiger partial charge in [-0.25, -0.2) is 4.98 Å². The SMILES string of the molecule is Cc1nccn1C[C@H]1CCc2c(c3cccc4c3n2CCC4)C1=O.[H-].[Na+]. The Morgan fingerprint density at radius 1 is 1.32 bits per heavy atom. The Kier molecular flexibility index (Phi) is 4.38. The number of benzene rings is 1. The fourth-order valence-corrected chi connectivity index (χ4v) is 4.60. The summed E-state index contributed by atoms with van der Waals surface area (Å²) in [5, 5.41) is 1.18. The van der Waals surface area contributed by atoms with Crippen molar-refractivity contribution in [3.63, 3.8) is 0 Å². The van der Waals surface area contributed by atoms with Crippen molar-refractivity contribution in [2.24, 2.45) is 5.92 Å². The van der Waals surface area contributed by atoms with Gasteiger partial charge in [-0.3, -0.25) is 4.79 Å². The molecule has 0 fully saturated rings. The first-order valence-corrected chi connectivity index (χ1v) is 8.89. The summed E-state index contributed by atoms with van der Waals surface area (Å²) in [4.78, 5) is 17.6. The molecule has 0 radical (unpaired) electrons. The fraction of sp³-hybridized carbons (Fsp3) is 0.400. The number of ketones is 1. The maximum absolute atomic E-state index is 13.3. The largest absolute Gasteiger partial charge is 1.00 e. The molecule has 1 aliphatic carbocycles. The second kappa shape index (κ2) is 6.42. The number of hydrogen-bond acceptors (Lipinski definition) is 2. The van der Waals surface area contributed by atoms with E-state index in [4.69, 9.17) is 0 Å². The number of para-hydroxylation sites is 1. The molecule has 0 spiro atoms. The van der Waals surface area contributed by atoms with Gasteiger partial charge in [-0.2, -0.15) is 0 Å². The van der Waals surface area contributed by atoms with Gasteiger partial charge in [0.2, 0.25) is 0 Å². The standard InChI is InChI=1S/C20H21N3O.Na.H/c1-13-21-9-11-22(13)12-15-7-8-17-18(20(15)24)16-6-2-4-14-5-3-10-23(17)19(14)16;;/h2,4,6,9,11,15H,3,5,7-8,10,12H2,1H3;;/q;+1;-1/t15-;;/m1../s1. The molecular formula is C20H22N3NaO. The summed E-state index contributed by atoms with van der Waals surface area (Å²) in [5.41, 5.74) is 5.01. The molecule has 25 heavy (non-hydrogen) atoms. The Balaban J connectivity index is 0.000000980. The van der Waals surface area contributed by atoms with Crippen molar-refractivity contribution in [3.8, 4) is 0 Å². The van der Waals surface area contributed by atoms with Crippen LogP contribution in [0.2, 0.25) is 0 Å². The number of aryl methyl sites for hydroxylation is 3. The Hall–Kier alpha value is -1.36. The van der Waals surface area contributed by atoms with Crippen molar-refractivity contribution in [3.05, 3.63) is 53.2 Å². The Labute approximate surface area is 171 Å².